The van der Waals surface area contributed by atoms with E-state index in [1.54, 1.807) is 12.2 Å². The highest BCUT2D eigenvalue weighted by atomic mass is 16.1. The van der Waals surface area contributed by atoms with Gasteiger partial charge in [-0.1, -0.05) is 69.5 Å². The van der Waals surface area contributed by atoms with E-state index in [0.717, 1.165) is 65.0 Å². The molecular weight excluding hydrogens is 442 g/mol. The molecule has 0 aliphatic rings. The third-order valence-corrected chi connectivity index (χ3v) is 6.44. The maximum absolute atomic E-state index is 12.9. The van der Waals surface area contributed by atoms with E-state index in [1.807, 2.05) is 18.2 Å². The number of aromatic nitrogens is 1. The van der Waals surface area contributed by atoms with Gasteiger partial charge in [0, 0.05) is 41.5 Å². The van der Waals surface area contributed by atoms with Gasteiger partial charge in [-0.3, -0.25) is 9.78 Å². The van der Waals surface area contributed by atoms with Gasteiger partial charge in [0.05, 0.1) is 17.1 Å². The molecule has 4 heteroatoms. The maximum Gasteiger partial charge on any atom is 0.251 e. The lowest BCUT2D eigenvalue weighted by Crippen LogP contribution is -2.26. The monoisotopic (exact) mass is 481 g/mol. The van der Waals surface area contributed by atoms with Gasteiger partial charge in [-0.15, -0.1) is 0 Å². The molecule has 3 rings (SSSR count). The number of nitrogens with zero attached hydrogens (tertiary/aromatic N) is 2. The number of hydrogen-bond acceptors (Lipinski definition) is 3. The first kappa shape index (κ1) is 26.9. The van der Waals surface area contributed by atoms with Crippen molar-refractivity contribution in [3.63, 3.8) is 0 Å². The fraction of sp³-hybridized carbons (Fsp3) is 0.312. The Morgan fingerprint density at radius 1 is 1.00 bits per heavy atom. The summed E-state index contributed by atoms with van der Waals surface area (Å²) in [5, 5.41) is 5.36. The summed E-state index contributed by atoms with van der Waals surface area (Å²) in [5.74, 6) is -0.108. The normalized spacial score (nSPS) is 11.4. The summed E-state index contributed by atoms with van der Waals surface area (Å²) in [6.07, 6.45) is 7.45. The van der Waals surface area contributed by atoms with Crippen LogP contribution in [0.15, 0.2) is 73.4 Å². The second kappa shape index (κ2) is 12.3. The number of hydrogen-bond donors (Lipinski definition) is 1. The van der Waals surface area contributed by atoms with Gasteiger partial charge in [0.25, 0.3) is 5.91 Å². The van der Waals surface area contributed by atoms with E-state index in [4.69, 9.17) is 4.98 Å². The highest BCUT2D eigenvalue weighted by Crippen LogP contribution is 2.38. The minimum absolute atomic E-state index is 0.108. The van der Waals surface area contributed by atoms with Gasteiger partial charge in [0.15, 0.2) is 0 Å². The Kier molecular flexibility index (Phi) is 9.24. The molecule has 0 saturated carbocycles. The summed E-state index contributed by atoms with van der Waals surface area (Å²) in [4.78, 5) is 20.6. The van der Waals surface area contributed by atoms with E-state index < -0.39 is 0 Å². The highest BCUT2D eigenvalue weighted by molar-refractivity contribution is 6.04. The Bertz CT molecular complexity index is 1270. The molecule has 1 aromatic heterocycles. The molecule has 0 radical (unpaired) electrons. The minimum Gasteiger partial charge on any atom is -0.370 e. The quantitative estimate of drug-likeness (QED) is 0.289. The van der Waals surface area contributed by atoms with Crippen molar-refractivity contribution in [2.24, 2.45) is 0 Å². The zero-order chi connectivity index (χ0) is 26.2. The summed E-state index contributed by atoms with van der Waals surface area (Å²) in [6, 6.07) is 12.5. The number of amides is 1. The van der Waals surface area contributed by atoms with E-state index >= 15 is 0 Å². The zero-order valence-electron chi connectivity index (χ0n) is 22.4. The molecule has 1 heterocycles. The first-order chi connectivity index (χ1) is 17.4. The molecule has 1 N–H and O–H groups in total. The fourth-order valence-electron chi connectivity index (χ4n) is 4.94. The van der Waals surface area contributed by atoms with Gasteiger partial charge in [0.1, 0.15) is 0 Å². The number of benzene rings is 2. The molecule has 188 valence electrons. The highest BCUT2D eigenvalue weighted by Gasteiger charge is 2.20. The zero-order valence-corrected chi connectivity index (χ0v) is 22.4. The number of anilines is 1. The molecule has 4 nitrogen and oxygen atoms in total. The van der Waals surface area contributed by atoms with Crippen molar-refractivity contribution in [2.75, 3.05) is 24.5 Å². The predicted molar refractivity (Wildman–Crippen MR) is 155 cm³/mol. The van der Waals surface area contributed by atoms with Crippen molar-refractivity contribution in [1.29, 1.82) is 0 Å². The molecular formula is C32H39N3O. The number of pyridine rings is 1. The van der Waals surface area contributed by atoms with E-state index in [-0.39, 0.29) is 5.91 Å². The predicted octanol–water partition coefficient (Wildman–Crippen LogP) is 7.48. The Labute approximate surface area is 216 Å². The molecule has 1 amide bonds. The van der Waals surface area contributed by atoms with Crippen LogP contribution in [-0.2, 0) is 0 Å². The summed E-state index contributed by atoms with van der Waals surface area (Å²) in [7, 11) is 0. The Morgan fingerprint density at radius 2 is 1.61 bits per heavy atom. The number of carbonyl (C=O) groups is 1. The van der Waals surface area contributed by atoms with Gasteiger partial charge in [-0.2, -0.15) is 0 Å². The van der Waals surface area contributed by atoms with E-state index in [1.165, 1.54) is 11.1 Å². The summed E-state index contributed by atoms with van der Waals surface area (Å²) < 4.78 is 0. The molecule has 0 atom stereocenters. The molecule has 0 aliphatic heterocycles. The Hall–Kier alpha value is -3.66. The third kappa shape index (κ3) is 5.76. The number of carbonyl (C=O) groups excluding carboxylic acids is 1. The Balaban J connectivity index is 2.08. The summed E-state index contributed by atoms with van der Waals surface area (Å²) in [5.41, 5.74) is 7.97. The molecule has 0 fully saturated rings. The van der Waals surface area contributed by atoms with Crippen molar-refractivity contribution in [1.82, 2.24) is 10.3 Å². The average molecular weight is 482 g/mol. The topological polar surface area (TPSA) is 45.2 Å². The van der Waals surface area contributed by atoms with Crippen molar-refractivity contribution < 1.29 is 4.79 Å². The fourth-order valence-corrected chi connectivity index (χ4v) is 4.94. The first-order valence-electron chi connectivity index (χ1n) is 12.8. The Morgan fingerprint density at radius 3 is 2.17 bits per heavy atom. The number of aryl methyl sites for hydroxylation is 3. The van der Waals surface area contributed by atoms with Gasteiger partial charge in [-0.05, 0) is 62.4 Å². The number of rotatable bonds is 11. The van der Waals surface area contributed by atoms with E-state index in [2.05, 4.69) is 82.3 Å². The van der Waals surface area contributed by atoms with Crippen LogP contribution < -0.4 is 10.2 Å². The second-order valence-electron chi connectivity index (χ2n) is 9.28. The van der Waals surface area contributed by atoms with Crippen LogP contribution in [0.5, 0.6) is 0 Å². The largest absolute Gasteiger partial charge is 0.370 e. The smallest absolute Gasteiger partial charge is 0.251 e. The first-order valence-corrected chi connectivity index (χ1v) is 12.8. The summed E-state index contributed by atoms with van der Waals surface area (Å²) >= 11 is 0. The molecule has 0 saturated heterocycles. The molecule has 36 heavy (non-hydrogen) atoms. The average Bonchev–Trinajstić information content (AvgIpc) is 2.86. The van der Waals surface area contributed by atoms with Gasteiger partial charge >= 0.3 is 0 Å². The molecule has 0 spiro atoms. The van der Waals surface area contributed by atoms with Crippen LogP contribution in [-0.4, -0.2) is 30.5 Å². The molecule has 0 bridgehead atoms. The van der Waals surface area contributed by atoms with E-state index in [0.29, 0.717) is 12.1 Å². The number of nitrogens with one attached hydrogen (secondary N) is 1. The molecule has 3 aromatic rings. The van der Waals surface area contributed by atoms with Crippen LogP contribution >= 0.6 is 0 Å². The van der Waals surface area contributed by atoms with Crippen molar-refractivity contribution in [2.45, 2.75) is 47.5 Å². The van der Waals surface area contributed by atoms with Crippen molar-refractivity contribution >= 4 is 22.4 Å². The summed E-state index contributed by atoms with van der Waals surface area (Å²) in [6.45, 7) is 20.6. The molecule has 0 unspecified atom stereocenters. The van der Waals surface area contributed by atoms with Gasteiger partial charge in [-0.25, -0.2) is 0 Å². The van der Waals surface area contributed by atoms with Crippen LogP contribution in [0.2, 0.25) is 0 Å². The molecule has 2 aromatic carbocycles. The van der Waals surface area contributed by atoms with Crippen LogP contribution in [0.1, 0.15) is 53.9 Å². The molecule has 0 aliphatic carbocycles. The third-order valence-electron chi connectivity index (χ3n) is 6.44. The van der Waals surface area contributed by atoms with Crippen molar-refractivity contribution in [3.05, 3.63) is 95.7 Å². The van der Waals surface area contributed by atoms with Crippen LogP contribution in [0, 0.1) is 20.8 Å². The lowest BCUT2D eigenvalue weighted by atomic mass is 9.92. The van der Waals surface area contributed by atoms with Gasteiger partial charge in [0.2, 0.25) is 0 Å². The SMILES string of the molecule is C=C/C=C(\C=C)CNC(=O)c1cc(C)c(-c2nc(C)c(N(CCC)CCC)c3ccccc23)c(C)c1. The van der Waals surface area contributed by atoms with Crippen LogP contribution in [0.25, 0.3) is 22.0 Å². The standard InChI is InChI=1S/C32H39N3O/c1-8-14-25(11-4)21-33-32(36)26-19-22(5)29(23(6)20-26)30-27-15-12-13-16-28(27)31(24(7)34-30)35(17-9-2)18-10-3/h8,11-16,19-20H,1,4,9-10,17-18,21H2,2-3,5-7H3,(H,33,36)/b25-14+. The second-order valence-corrected chi connectivity index (χ2v) is 9.28. The van der Waals surface area contributed by atoms with Gasteiger partial charge < -0.3 is 10.2 Å². The minimum atomic E-state index is -0.108. The maximum atomic E-state index is 12.9. The lowest BCUT2D eigenvalue weighted by molar-refractivity contribution is 0.0957. The van der Waals surface area contributed by atoms with E-state index in [9.17, 15) is 4.79 Å². The van der Waals surface area contributed by atoms with Crippen molar-refractivity contribution in [3.8, 4) is 11.3 Å². The lowest BCUT2D eigenvalue weighted by Gasteiger charge is -2.28. The van der Waals surface area contributed by atoms with Crippen LogP contribution in [0.3, 0.4) is 0 Å². The number of allylic oxidation sites excluding steroid dienone is 2. The van der Waals surface area contributed by atoms with Crippen LogP contribution in [0.4, 0.5) is 5.69 Å². The number of fused-ring (bicyclic) bond motifs is 1.